The number of fused-ring (bicyclic) bond motifs is 3. The van der Waals surface area contributed by atoms with Crippen molar-refractivity contribution in [3.8, 4) is 5.69 Å². The van der Waals surface area contributed by atoms with Crippen molar-refractivity contribution in [1.29, 1.82) is 0 Å². The molecule has 5 aromatic carbocycles. The van der Waals surface area contributed by atoms with Gasteiger partial charge in [-0.1, -0.05) is 119 Å². The van der Waals surface area contributed by atoms with Gasteiger partial charge in [0.05, 0.1) is 22.4 Å². The van der Waals surface area contributed by atoms with E-state index in [4.69, 9.17) is 0 Å². The minimum absolute atomic E-state index is 0.0429. The topological polar surface area (TPSA) is 8.17 Å². The molecule has 0 unspecified atom stereocenters. The predicted octanol–water partition coefficient (Wildman–Crippen LogP) is 15.0. The summed E-state index contributed by atoms with van der Waals surface area (Å²) in [6, 6.07) is 36.7. The molecular weight excluding hydrogens is 740 g/mol. The lowest BCUT2D eigenvalue weighted by atomic mass is 9.85. The van der Waals surface area contributed by atoms with E-state index in [-0.39, 0.29) is 21.7 Å². The van der Waals surface area contributed by atoms with E-state index in [0.29, 0.717) is 0 Å². The molecule has 0 saturated heterocycles. The predicted molar refractivity (Wildman–Crippen MR) is 226 cm³/mol. The minimum Gasteiger partial charge on any atom is -0.309 e. The van der Waals surface area contributed by atoms with Crippen LogP contribution in [0.15, 0.2) is 106 Å². The second kappa shape index (κ2) is 12.7. The van der Waals surface area contributed by atoms with Crippen LogP contribution in [0.5, 0.6) is 0 Å². The van der Waals surface area contributed by atoms with Crippen LogP contribution in [0.4, 0.5) is 17.1 Å². The molecule has 0 bridgehead atoms. The molecule has 0 radical (unpaired) electrons. The second-order valence-electron chi connectivity index (χ2n) is 18.0. The van der Waals surface area contributed by atoms with Crippen LogP contribution < -0.4 is 4.90 Å². The van der Waals surface area contributed by atoms with Gasteiger partial charge in [0.2, 0.25) is 0 Å². The van der Waals surface area contributed by atoms with Crippen molar-refractivity contribution in [1.82, 2.24) is 4.57 Å². The zero-order valence-electron chi connectivity index (χ0n) is 31.9. The number of hydrogen-bond donors (Lipinski definition) is 0. The van der Waals surface area contributed by atoms with E-state index in [1.807, 2.05) is 0 Å². The summed E-state index contributed by atoms with van der Waals surface area (Å²) in [6.07, 6.45) is 0. The van der Waals surface area contributed by atoms with E-state index in [9.17, 15) is 0 Å². The van der Waals surface area contributed by atoms with Crippen molar-refractivity contribution in [3.05, 3.63) is 128 Å². The van der Waals surface area contributed by atoms with E-state index in [0.717, 1.165) is 31.7 Å². The van der Waals surface area contributed by atoms with Crippen LogP contribution in [0.2, 0.25) is 0 Å². The van der Waals surface area contributed by atoms with Gasteiger partial charge in [-0.25, -0.2) is 0 Å². The number of aromatic nitrogens is 1. The molecule has 0 aliphatic rings. The third-order valence-corrected chi connectivity index (χ3v) is 11.2. The number of nitrogens with zero attached hydrogens (tertiary/aromatic N) is 2. The molecule has 6 rings (SSSR count). The first kappa shape index (κ1) is 36.5. The van der Waals surface area contributed by atoms with Gasteiger partial charge in [0, 0.05) is 31.1 Å². The molecule has 0 atom stereocenters. The number of halogens is 2. The Bertz CT molecular complexity index is 2060. The highest BCUT2D eigenvalue weighted by molar-refractivity contribution is 9.11. The second-order valence-corrected chi connectivity index (χ2v) is 19.7. The van der Waals surface area contributed by atoms with Gasteiger partial charge in [0.25, 0.3) is 0 Å². The van der Waals surface area contributed by atoms with Crippen LogP contribution in [-0.4, -0.2) is 4.57 Å². The molecular formula is C46H52Br2N2. The van der Waals surface area contributed by atoms with E-state index in [1.165, 1.54) is 44.1 Å². The average Bonchev–Trinajstić information content (AvgIpc) is 3.34. The maximum absolute atomic E-state index is 4.02. The fraction of sp³-hybridized carbons (Fsp3) is 0.348. The average molecular weight is 793 g/mol. The fourth-order valence-corrected chi connectivity index (χ4v) is 8.08. The minimum atomic E-state index is 0.0429. The third-order valence-electron chi connectivity index (χ3n) is 9.98. The number of anilines is 3. The van der Waals surface area contributed by atoms with Crippen molar-refractivity contribution >= 4 is 70.7 Å². The number of rotatable bonds is 4. The Kier molecular flexibility index (Phi) is 9.26. The quantitative estimate of drug-likeness (QED) is 0.173. The zero-order chi connectivity index (χ0) is 36.6. The molecule has 6 aromatic rings. The summed E-state index contributed by atoms with van der Waals surface area (Å²) in [5.74, 6) is 0. The third kappa shape index (κ3) is 6.95. The molecule has 0 aliphatic heterocycles. The normalized spacial score (nSPS) is 13.0. The van der Waals surface area contributed by atoms with Gasteiger partial charge < -0.3 is 9.47 Å². The van der Waals surface area contributed by atoms with E-state index in [1.54, 1.807) is 0 Å². The van der Waals surface area contributed by atoms with Gasteiger partial charge in [0.15, 0.2) is 0 Å². The smallest absolute Gasteiger partial charge is 0.0625 e. The summed E-state index contributed by atoms with van der Waals surface area (Å²) in [6.45, 7) is 27.4. The SMILES string of the molecule is CC(C)(C)c1ccc(N(c2ccc(C(C)(C)C)cc2)c2cc(-n3c4ccc(C(C)(C)C)cc4c4cc(C(C)(C)C)ccc43)c(Br)cc2Br)cc1. The van der Waals surface area contributed by atoms with Crippen LogP contribution in [-0.2, 0) is 21.7 Å². The molecule has 0 N–H and O–H groups in total. The van der Waals surface area contributed by atoms with Crippen LogP contribution >= 0.6 is 31.9 Å². The zero-order valence-corrected chi connectivity index (χ0v) is 35.1. The van der Waals surface area contributed by atoms with Crippen LogP contribution in [0.3, 0.4) is 0 Å². The molecule has 0 amide bonds. The van der Waals surface area contributed by atoms with Crippen molar-refractivity contribution < 1.29 is 0 Å². The van der Waals surface area contributed by atoms with Gasteiger partial charge in [-0.05, 0) is 136 Å². The first-order chi connectivity index (χ1) is 23.1. The molecule has 50 heavy (non-hydrogen) atoms. The number of hydrogen-bond acceptors (Lipinski definition) is 1. The van der Waals surface area contributed by atoms with E-state index < -0.39 is 0 Å². The summed E-state index contributed by atoms with van der Waals surface area (Å²) in [5, 5.41) is 2.56. The lowest BCUT2D eigenvalue weighted by molar-refractivity contribution is 0.590. The van der Waals surface area contributed by atoms with Gasteiger partial charge >= 0.3 is 0 Å². The molecule has 1 heterocycles. The van der Waals surface area contributed by atoms with Crippen molar-refractivity contribution in [2.45, 2.75) is 105 Å². The van der Waals surface area contributed by atoms with Crippen molar-refractivity contribution in [2.24, 2.45) is 0 Å². The maximum atomic E-state index is 4.02. The highest BCUT2D eigenvalue weighted by Crippen LogP contribution is 2.45. The molecule has 0 fully saturated rings. The molecule has 2 nitrogen and oxygen atoms in total. The van der Waals surface area contributed by atoms with Gasteiger partial charge in [-0.15, -0.1) is 0 Å². The van der Waals surface area contributed by atoms with E-state index in [2.05, 4.69) is 221 Å². The summed E-state index contributed by atoms with van der Waals surface area (Å²) < 4.78 is 4.48. The Balaban J connectivity index is 1.63. The van der Waals surface area contributed by atoms with E-state index >= 15 is 0 Å². The molecule has 260 valence electrons. The molecule has 1 aromatic heterocycles. The first-order valence-electron chi connectivity index (χ1n) is 17.7. The lowest BCUT2D eigenvalue weighted by Crippen LogP contribution is -2.15. The summed E-state index contributed by atoms with van der Waals surface area (Å²) >= 11 is 8.04. The Morgan fingerprint density at radius 3 is 1.14 bits per heavy atom. The highest BCUT2D eigenvalue weighted by Gasteiger charge is 2.25. The first-order valence-corrected chi connectivity index (χ1v) is 19.3. The van der Waals surface area contributed by atoms with Crippen LogP contribution in [0.25, 0.3) is 27.5 Å². The maximum Gasteiger partial charge on any atom is 0.0625 e. The lowest BCUT2D eigenvalue weighted by Gasteiger charge is -2.29. The highest BCUT2D eigenvalue weighted by atomic mass is 79.9. The standard InChI is InChI=1S/C46H52Br2N2/c1-43(2,3)29-13-19-33(20-14-29)49(34-21-15-30(16-22-34)44(4,5)6)41-28-42(38(48)27-37(41)47)50-39-23-17-31(45(7,8)9)25-35(39)36-26-32(46(10,11)12)18-24-40(36)50/h13-28H,1-12H3. The fourth-order valence-electron chi connectivity index (χ4n) is 6.73. The molecule has 4 heteroatoms. The Hall–Kier alpha value is -3.34. The Morgan fingerprint density at radius 2 is 0.780 bits per heavy atom. The van der Waals surface area contributed by atoms with Gasteiger partial charge in [-0.2, -0.15) is 0 Å². The number of benzene rings is 5. The van der Waals surface area contributed by atoms with Crippen LogP contribution in [0.1, 0.15) is 105 Å². The Labute approximate surface area is 317 Å². The van der Waals surface area contributed by atoms with Crippen molar-refractivity contribution in [2.75, 3.05) is 4.90 Å². The van der Waals surface area contributed by atoms with Crippen molar-refractivity contribution in [3.63, 3.8) is 0 Å². The summed E-state index contributed by atoms with van der Waals surface area (Å²) in [4.78, 5) is 2.38. The molecule has 0 saturated carbocycles. The summed E-state index contributed by atoms with van der Waals surface area (Å²) in [7, 11) is 0. The molecule has 0 aliphatic carbocycles. The summed E-state index contributed by atoms with van der Waals surface area (Å²) in [5.41, 5.74) is 12.3. The monoisotopic (exact) mass is 790 g/mol. The van der Waals surface area contributed by atoms with Gasteiger partial charge in [-0.3, -0.25) is 0 Å². The van der Waals surface area contributed by atoms with Crippen LogP contribution in [0, 0.1) is 0 Å². The Morgan fingerprint density at radius 1 is 0.420 bits per heavy atom. The largest absolute Gasteiger partial charge is 0.309 e. The molecule has 0 spiro atoms. The van der Waals surface area contributed by atoms with Gasteiger partial charge in [0.1, 0.15) is 0 Å².